The van der Waals surface area contributed by atoms with E-state index in [0.717, 1.165) is 13.1 Å². The van der Waals surface area contributed by atoms with Crippen molar-refractivity contribution in [3.05, 3.63) is 57.2 Å². The Morgan fingerprint density at radius 1 is 1.33 bits per heavy atom. The van der Waals surface area contributed by atoms with Gasteiger partial charge in [-0.2, -0.15) is 5.26 Å². The number of anilines is 1. The predicted molar refractivity (Wildman–Crippen MR) is 83.0 cm³/mol. The first kappa shape index (κ1) is 13.9. The molecule has 0 aliphatic carbocycles. The van der Waals surface area contributed by atoms with Crippen LogP contribution in [-0.4, -0.2) is 4.98 Å². The molecule has 21 heavy (non-hydrogen) atoms. The molecule has 0 saturated carbocycles. The Kier molecular flexibility index (Phi) is 3.78. The van der Waals surface area contributed by atoms with Crippen LogP contribution < -0.4 is 10.6 Å². The lowest BCUT2D eigenvalue weighted by Crippen LogP contribution is -2.04. The Bertz CT molecular complexity index is 734. The van der Waals surface area contributed by atoms with Crippen LogP contribution in [0.1, 0.15) is 27.9 Å². The summed E-state index contributed by atoms with van der Waals surface area (Å²) in [6.07, 6.45) is 0. The van der Waals surface area contributed by atoms with Gasteiger partial charge in [-0.15, -0.1) is 0 Å². The highest BCUT2D eigenvalue weighted by Gasteiger charge is 2.11. The number of hydrogen-bond donors (Lipinski definition) is 2. The van der Waals surface area contributed by atoms with E-state index in [1.54, 1.807) is 13.0 Å². The van der Waals surface area contributed by atoms with E-state index < -0.39 is 0 Å². The van der Waals surface area contributed by atoms with Crippen molar-refractivity contribution in [2.45, 2.75) is 26.6 Å². The fourth-order valence-corrected chi connectivity index (χ4v) is 2.68. The third-order valence-electron chi connectivity index (χ3n) is 3.65. The molecule has 106 valence electrons. The molecule has 0 unspecified atom stereocenters. The summed E-state index contributed by atoms with van der Waals surface area (Å²) in [6, 6.07) is 10.2. The maximum atomic E-state index is 8.96. The topological polar surface area (TPSA) is 60.7 Å². The van der Waals surface area contributed by atoms with E-state index in [9.17, 15) is 0 Å². The van der Waals surface area contributed by atoms with Crippen molar-refractivity contribution in [1.82, 2.24) is 10.3 Å². The van der Waals surface area contributed by atoms with Crippen molar-refractivity contribution >= 4 is 17.4 Å². The zero-order valence-electron chi connectivity index (χ0n) is 11.7. The maximum absolute atomic E-state index is 8.96. The van der Waals surface area contributed by atoms with Crippen LogP contribution in [0.25, 0.3) is 0 Å². The number of aromatic nitrogens is 1. The SMILES string of the molecule is Cc1nc(NCc2ccc3c(c2)CNC3)c(Cl)cc1C#N. The molecule has 2 heterocycles. The summed E-state index contributed by atoms with van der Waals surface area (Å²) >= 11 is 6.15. The van der Waals surface area contributed by atoms with E-state index in [4.69, 9.17) is 16.9 Å². The lowest BCUT2D eigenvalue weighted by atomic mass is 10.1. The maximum Gasteiger partial charge on any atom is 0.145 e. The van der Waals surface area contributed by atoms with E-state index in [1.165, 1.54) is 16.7 Å². The molecule has 0 saturated heterocycles. The molecular weight excluding hydrogens is 284 g/mol. The lowest BCUT2D eigenvalue weighted by Gasteiger charge is -2.10. The van der Waals surface area contributed by atoms with E-state index in [2.05, 4.69) is 39.9 Å². The molecule has 2 N–H and O–H groups in total. The minimum atomic E-state index is 0.472. The van der Waals surface area contributed by atoms with E-state index >= 15 is 0 Å². The van der Waals surface area contributed by atoms with Gasteiger partial charge in [0.15, 0.2) is 0 Å². The summed E-state index contributed by atoms with van der Waals surface area (Å²) in [5.41, 5.74) is 5.10. The van der Waals surface area contributed by atoms with Gasteiger partial charge in [-0.05, 0) is 29.7 Å². The Labute approximate surface area is 128 Å². The summed E-state index contributed by atoms with van der Waals surface area (Å²) in [5.74, 6) is 0.617. The molecule has 0 bridgehead atoms. The van der Waals surface area contributed by atoms with Crippen molar-refractivity contribution in [3.8, 4) is 6.07 Å². The van der Waals surface area contributed by atoms with E-state index in [0.29, 0.717) is 28.6 Å². The highest BCUT2D eigenvalue weighted by molar-refractivity contribution is 6.33. The number of fused-ring (bicyclic) bond motifs is 1. The second-order valence-corrected chi connectivity index (χ2v) is 5.53. The molecule has 2 aromatic rings. The second-order valence-electron chi connectivity index (χ2n) is 5.12. The summed E-state index contributed by atoms with van der Waals surface area (Å²) in [5, 5.41) is 16.0. The van der Waals surface area contributed by atoms with Crippen LogP contribution in [0.4, 0.5) is 5.82 Å². The largest absolute Gasteiger partial charge is 0.365 e. The van der Waals surface area contributed by atoms with Crippen molar-refractivity contribution in [1.29, 1.82) is 5.26 Å². The van der Waals surface area contributed by atoms with Crippen molar-refractivity contribution < 1.29 is 0 Å². The van der Waals surface area contributed by atoms with Gasteiger partial charge >= 0.3 is 0 Å². The number of aryl methyl sites for hydroxylation is 1. The monoisotopic (exact) mass is 298 g/mol. The number of pyridine rings is 1. The van der Waals surface area contributed by atoms with Gasteiger partial charge in [0, 0.05) is 19.6 Å². The number of rotatable bonds is 3. The first-order valence-electron chi connectivity index (χ1n) is 6.80. The van der Waals surface area contributed by atoms with Crippen LogP contribution in [-0.2, 0) is 19.6 Å². The van der Waals surface area contributed by atoms with Gasteiger partial charge in [-0.3, -0.25) is 0 Å². The number of nitrogens with one attached hydrogen (secondary N) is 2. The first-order chi connectivity index (χ1) is 10.2. The molecule has 0 spiro atoms. The molecule has 0 fully saturated rings. The number of nitrogens with zero attached hydrogens (tertiary/aromatic N) is 2. The Hall–Kier alpha value is -2.09. The molecule has 1 aliphatic heterocycles. The Balaban J connectivity index is 1.76. The van der Waals surface area contributed by atoms with Gasteiger partial charge in [0.25, 0.3) is 0 Å². The van der Waals surface area contributed by atoms with Crippen LogP contribution in [0.15, 0.2) is 24.3 Å². The molecule has 5 heteroatoms. The summed E-state index contributed by atoms with van der Waals surface area (Å²) in [7, 11) is 0. The summed E-state index contributed by atoms with van der Waals surface area (Å²) < 4.78 is 0. The Morgan fingerprint density at radius 2 is 2.14 bits per heavy atom. The summed E-state index contributed by atoms with van der Waals surface area (Å²) in [6.45, 7) is 4.34. The fourth-order valence-electron chi connectivity index (χ4n) is 2.46. The van der Waals surface area contributed by atoms with E-state index in [-0.39, 0.29) is 0 Å². The lowest BCUT2D eigenvalue weighted by molar-refractivity contribution is 0.764. The molecule has 0 amide bonds. The minimum Gasteiger partial charge on any atom is -0.365 e. The Morgan fingerprint density at radius 3 is 2.95 bits per heavy atom. The van der Waals surface area contributed by atoms with Gasteiger partial charge in [0.1, 0.15) is 11.9 Å². The van der Waals surface area contributed by atoms with Crippen LogP contribution in [0.5, 0.6) is 0 Å². The van der Waals surface area contributed by atoms with Gasteiger partial charge in [0.05, 0.1) is 16.3 Å². The highest BCUT2D eigenvalue weighted by Crippen LogP contribution is 2.23. The van der Waals surface area contributed by atoms with Gasteiger partial charge < -0.3 is 10.6 Å². The number of hydrogen-bond acceptors (Lipinski definition) is 4. The third kappa shape index (κ3) is 2.85. The number of halogens is 1. The number of benzene rings is 1. The minimum absolute atomic E-state index is 0.472. The van der Waals surface area contributed by atoms with Gasteiger partial charge in [-0.25, -0.2) is 4.98 Å². The molecule has 1 aliphatic rings. The molecule has 0 radical (unpaired) electrons. The standard InChI is InChI=1S/C16H15ClN4/c1-10-13(6-18)5-15(17)16(21-10)20-7-11-2-3-12-8-19-9-14(12)4-11/h2-5,19H,7-9H2,1H3,(H,20,21). The van der Waals surface area contributed by atoms with Crippen LogP contribution in [0.3, 0.4) is 0 Å². The third-order valence-corrected chi connectivity index (χ3v) is 3.94. The molecular formula is C16H15ClN4. The smallest absolute Gasteiger partial charge is 0.145 e. The molecule has 1 aromatic carbocycles. The average Bonchev–Trinajstić information content (AvgIpc) is 2.95. The predicted octanol–water partition coefficient (Wildman–Crippen LogP) is 3.13. The van der Waals surface area contributed by atoms with E-state index in [1.807, 2.05) is 0 Å². The van der Waals surface area contributed by atoms with Crippen molar-refractivity contribution in [2.75, 3.05) is 5.32 Å². The van der Waals surface area contributed by atoms with Crippen LogP contribution in [0, 0.1) is 18.3 Å². The van der Waals surface area contributed by atoms with Crippen LogP contribution in [0.2, 0.25) is 5.02 Å². The summed E-state index contributed by atoms with van der Waals surface area (Å²) in [4.78, 5) is 4.35. The molecule has 4 nitrogen and oxygen atoms in total. The zero-order valence-corrected chi connectivity index (χ0v) is 12.5. The first-order valence-corrected chi connectivity index (χ1v) is 7.17. The molecule has 0 atom stereocenters. The number of nitriles is 1. The van der Waals surface area contributed by atoms with Gasteiger partial charge in [0.2, 0.25) is 0 Å². The average molecular weight is 299 g/mol. The molecule has 3 rings (SSSR count). The second kappa shape index (κ2) is 5.72. The van der Waals surface area contributed by atoms with Gasteiger partial charge in [-0.1, -0.05) is 29.8 Å². The van der Waals surface area contributed by atoms with Crippen molar-refractivity contribution in [3.63, 3.8) is 0 Å². The highest BCUT2D eigenvalue weighted by atomic mass is 35.5. The van der Waals surface area contributed by atoms with Crippen LogP contribution >= 0.6 is 11.6 Å². The van der Waals surface area contributed by atoms with Crippen molar-refractivity contribution in [2.24, 2.45) is 0 Å². The normalized spacial score (nSPS) is 12.8. The molecule has 1 aromatic heterocycles. The quantitative estimate of drug-likeness (QED) is 0.914. The zero-order chi connectivity index (χ0) is 14.8. The fraction of sp³-hybridized carbons (Fsp3) is 0.250.